The van der Waals surface area contributed by atoms with Crippen molar-refractivity contribution in [1.29, 1.82) is 0 Å². The second kappa shape index (κ2) is 4.58. The molecule has 4 nitrogen and oxygen atoms in total. The van der Waals surface area contributed by atoms with Gasteiger partial charge in [0, 0.05) is 32.2 Å². The van der Waals surface area contributed by atoms with Gasteiger partial charge in [-0.3, -0.25) is 14.6 Å². The van der Waals surface area contributed by atoms with Crippen LogP contribution in [0.2, 0.25) is 0 Å². The van der Waals surface area contributed by atoms with E-state index in [4.69, 9.17) is 5.11 Å². The van der Waals surface area contributed by atoms with Crippen molar-refractivity contribution in [3.05, 3.63) is 0 Å². The van der Waals surface area contributed by atoms with Crippen molar-refractivity contribution >= 4 is 5.97 Å². The van der Waals surface area contributed by atoms with Gasteiger partial charge >= 0.3 is 5.97 Å². The van der Waals surface area contributed by atoms with Gasteiger partial charge in [0.2, 0.25) is 0 Å². The Morgan fingerprint density at radius 3 is 2.23 bits per heavy atom. The molecule has 0 aromatic carbocycles. The highest BCUT2D eigenvalue weighted by Crippen LogP contribution is 2.04. The smallest absolute Gasteiger partial charge is 0.317 e. The summed E-state index contributed by atoms with van der Waals surface area (Å²) in [6.45, 7) is 8.27. The molecule has 0 radical (unpaired) electrons. The second-order valence-corrected chi connectivity index (χ2v) is 3.80. The molecule has 0 aliphatic carbocycles. The van der Waals surface area contributed by atoms with Crippen molar-refractivity contribution in [2.75, 3.05) is 32.7 Å². The van der Waals surface area contributed by atoms with Gasteiger partial charge in [-0.15, -0.1) is 0 Å². The van der Waals surface area contributed by atoms with Crippen LogP contribution in [-0.4, -0.2) is 59.6 Å². The first-order valence-electron chi connectivity index (χ1n) is 4.78. The van der Waals surface area contributed by atoms with E-state index in [1.54, 1.807) is 0 Å². The van der Waals surface area contributed by atoms with Gasteiger partial charge in [-0.2, -0.15) is 0 Å². The van der Waals surface area contributed by atoms with Crippen LogP contribution in [0.5, 0.6) is 0 Å². The number of hydrogen-bond donors (Lipinski definition) is 1. The molecule has 1 N–H and O–H groups in total. The minimum atomic E-state index is -0.724. The molecule has 0 bridgehead atoms. The van der Waals surface area contributed by atoms with Gasteiger partial charge in [0.25, 0.3) is 0 Å². The Labute approximate surface area is 79.1 Å². The predicted molar refractivity (Wildman–Crippen MR) is 50.8 cm³/mol. The molecule has 0 aromatic rings. The van der Waals surface area contributed by atoms with Crippen LogP contribution >= 0.6 is 0 Å². The third-order valence-corrected chi connectivity index (χ3v) is 2.50. The fourth-order valence-corrected chi connectivity index (χ4v) is 1.63. The highest BCUT2D eigenvalue weighted by molar-refractivity contribution is 5.69. The molecule has 0 spiro atoms. The summed E-state index contributed by atoms with van der Waals surface area (Å²) in [6.07, 6.45) is 0. The molecule has 1 fully saturated rings. The molecule has 1 aliphatic heterocycles. The average Bonchev–Trinajstić information content (AvgIpc) is 2.04. The molecule has 0 unspecified atom stereocenters. The molecule has 1 aliphatic rings. The van der Waals surface area contributed by atoms with Crippen LogP contribution in [-0.2, 0) is 4.79 Å². The minimum absolute atomic E-state index is 0.186. The van der Waals surface area contributed by atoms with Crippen molar-refractivity contribution in [3.8, 4) is 0 Å². The van der Waals surface area contributed by atoms with E-state index < -0.39 is 5.97 Å². The van der Waals surface area contributed by atoms with Gasteiger partial charge in [0.05, 0.1) is 6.54 Å². The molecule has 1 rings (SSSR count). The number of hydrogen-bond acceptors (Lipinski definition) is 3. The molecular formula is C9H18N2O2. The summed E-state index contributed by atoms with van der Waals surface area (Å²) < 4.78 is 0. The Bertz CT molecular complexity index is 174. The first-order chi connectivity index (χ1) is 6.09. The Hall–Kier alpha value is -0.610. The van der Waals surface area contributed by atoms with Gasteiger partial charge in [-0.1, -0.05) is 0 Å². The number of carboxylic acids is 1. The molecule has 13 heavy (non-hydrogen) atoms. The number of aliphatic carboxylic acids is 1. The van der Waals surface area contributed by atoms with Crippen LogP contribution in [0.4, 0.5) is 0 Å². The van der Waals surface area contributed by atoms with Crippen LogP contribution in [0.3, 0.4) is 0 Å². The Morgan fingerprint density at radius 1 is 1.31 bits per heavy atom. The maximum Gasteiger partial charge on any atom is 0.317 e. The lowest BCUT2D eigenvalue weighted by atomic mass is 10.2. The Kier molecular flexibility index (Phi) is 3.69. The molecule has 1 saturated heterocycles. The van der Waals surface area contributed by atoms with Gasteiger partial charge in [0.15, 0.2) is 0 Å². The summed E-state index contributed by atoms with van der Waals surface area (Å²) in [6, 6.07) is 0.576. The van der Waals surface area contributed by atoms with Crippen LogP contribution < -0.4 is 0 Å². The normalized spacial score (nSPS) is 20.8. The number of carboxylic acid groups (broad SMARTS) is 1. The SMILES string of the molecule is CC(C)N1CCN(CC(=O)O)CC1. The van der Waals surface area contributed by atoms with Crippen molar-refractivity contribution in [2.45, 2.75) is 19.9 Å². The van der Waals surface area contributed by atoms with Crippen molar-refractivity contribution < 1.29 is 9.90 Å². The largest absolute Gasteiger partial charge is 0.480 e. The molecule has 1 heterocycles. The number of rotatable bonds is 3. The van der Waals surface area contributed by atoms with E-state index in [9.17, 15) is 4.79 Å². The van der Waals surface area contributed by atoms with E-state index >= 15 is 0 Å². The summed E-state index contributed by atoms with van der Waals surface area (Å²) in [5.41, 5.74) is 0. The number of carbonyl (C=O) groups is 1. The van der Waals surface area contributed by atoms with Crippen molar-refractivity contribution in [3.63, 3.8) is 0 Å². The van der Waals surface area contributed by atoms with E-state index in [-0.39, 0.29) is 6.54 Å². The lowest BCUT2D eigenvalue weighted by Crippen LogP contribution is -2.49. The molecule has 0 atom stereocenters. The molecule has 76 valence electrons. The summed E-state index contributed by atoms with van der Waals surface area (Å²) in [5.74, 6) is -0.724. The highest BCUT2D eigenvalue weighted by atomic mass is 16.4. The molecule has 0 amide bonds. The van der Waals surface area contributed by atoms with Crippen molar-refractivity contribution in [2.24, 2.45) is 0 Å². The van der Waals surface area contributed by atoms with Crippen molar-refractivity contribution in [1.82, 2.24) is 9.80 Å². The maximum absolute atomic E-state index is 10.4. The standard InChI is InChI=1S/C9H18N2O2/c1-8(2)11-5-3-10(4-6-11)7-9(12)13/h8H,3-7H2,1-2H3,(H,12,13). The van der Waals surface area contributed by atoms with E-state index in [0.717, 1.165) is 26.2 Å². The predicted octanol–water partition coefficient (Wildman–Crippen LogP) is 0.0970. The first kappa shape index (κ1) is 10.5. The van der Waals surface area contributed by atoms with E-state index in [0.29, 0.717) is 6.04 Å². The number of piperazine rings is 1. The van der Waals surface area contributed by atoms with Crippen LogP contribution in [0.1, 0.15) is 13.8 Å². The monoisotopic (exact) mass is 186 g/mol. The fraction of sp³-hybridized carbons (Fsp3) is 0.889. The van der Waals surface area contributed by atoms with Gasteiger partial charge in [-0.25, -0.2) is 0 Å². The minimum Gasteiger partial charge on any atom is -0.480 e. The maximum atomic E-state index is 10.4. The van der Waals surface area contributed by atoms with Crippen LogP contribution in [0.15, 0.2) is 0 Å². The van der Waals surface area contributed by atoms with Crippen LogP contribution in [0.25, 0.3) is 0 Å². The van der Waals surface area contributed by atoms with E-state index in [1.807, 2.05) is 4.90 Å². The van der Waals surface area contributed by atoms with Gasteiger partial charge in [0.1, 0.15) is 0 Å². The summed E-state index contributed by atoms with van der Waals surface area (Å²) in [5, 5.41) is 8.59. The number of nitrogens with zero attached hydrogens (tertiary/aromatic N) is 2. The zero-order valence-corrected chi connectivity index (χ0v) is 8.36. The lowest BCUT2D eigenvalue weighted by molar-refractivity contribution is -0.138. The molecule has 0 saturated carbocycles. The Morgan fingerprint density at radius 2 is 1.85 bits per heavy atom. The van der Waals surface area contributed by atoms with E-state index in [2.05, 4.69) is 18.7 Å². The molecule has 0 aromatic heterocycles. The second-order valence-electron chi connectivity index (χ2n) is 3.80. The Balaban J connectivity index is 2.26. The third-order valence-electron chi connectivity index (χ3n) is 2.50. The highest BCUT2D eigenvalue weighted by Gasteiger charge is 2.19. The zero-order valence-electron chi connectivity index (χ0n) is 8.36. The third kappa shape index (κ3) is 3.32. The van der Waals surface area contributed by atoms with Gasteiger partial charge < -0.3 is 5.11 Å². The lowest BCUT2D eigenvalue weighted by Gasteiger charge is -2.36. The van der Waals surface area contributed by atoms with E-state index in [1.165, 1.54) is 0 Å². The van der Waals surface area contributed by atoms with Gasteiger partial charge in [-0.05, 0) is 13.8 Å². The first-order valence-corrected chi connectivity index (χ1v) is 4.78. The summed E-state index contributed by atoms with van der Waals surface area (Å²) in [4.78, 5) is 14.8. The average molecular weight is 186 g/mol. The fourth-order valence-electron chi connectivity index (χ4n) is 1.63. The zero-order chi connectivity index (χ0) is 9.84. The van der Waals surface area contributed by atoms with Crippen LogP contribution in [0, 0.1) is 0 Å². The summed E-state index contributed by atoms with van der Waals surface area (Å²) in [7, 11) is 0. The quantitative estimate of drug-likeness (QED) is 0.679. The summed E-state index contributed by atoms with van der Waals surface area (Å²) >= 11 is 0. The molecule has 4 heteroatoms. The topological polar surface area (TPSA) is 43.8 Å². The molecular weight excluding hydrogens is 168 g/mol.